The van der Waals surface area contributed by atoms with Crippen molar-refractivity contribution in [3.05, 3.63) is 102 Å². The highest BCUT2D eigenvalue weighted by Gasteiger charge is 2.20. The molecule has 190 valence electrons. The number of aromatic nitrogens is 6. The quantitative estimate of drug-likeness (QED) is 0.256. The van der Waals surface area contributed by atoms with Crippen LogP contribution in [0.1, 0.15) is 11.5 Å². The van der Waals surface area contributed by atoms with Gasteiger partial charge in [0.05, 0.1) is 18.2 Å². The Morgan fingerprint density at radius 3 is 2.41 bits per heavy atom. The van der Waals surface area contributed by atoms with Crippen LogP contribution in [0.25, 0.3) is 39.5 Å². The number of imidazole rings is 1. The van der Waals surface area contributed by atoms with E-state index in [-0.39, 0.29) is 48.5 Å². The fraction of sp³-hybridized carbons (Fsp3) is 0.0400. The van der Waals surface area contributed by atoms with Crippen LogP contribution in [0, 0.1) is 11.6 Å². The average molecular weight is 564 g/mol. The minimum absolute atomic E-state index is 0. The van der Waals surface area contributed by atoms with Crippen molar-refractivity contribution in [2.75, 3.05) is 0 Å². The highest BCUT2D eigenvalue weighted by atomic mass is 35.5. The molecule has 0 fully saturated rings. The molecule has 0 saturated carbocycles. The lowest BCUT2D eigenvalue weighted by molar-refractivity contribution is 0.385. The molecule has 0 aliphatic rings. The number of pyridine rings is 1. The number of halogens is 5. The molecule has 6 aromatic rings. The molecule has 0 amide bonds. The van der Waals surface area contributed by atoms with Crippen LogP contribution in [0.3, 0.4) is 0 Å². The zero-order valence-electron chi connectivity index (χ0n) is 18.8. The third-order valence-electron chi connectivity index (χ3n) is 5.55. The smallest absolute Gasteiger partial charge is 0.231 e. The molecule has 12 heteroatoms. The summed E-state index contributed by atoms with van der Waals surface area (Å²) in [6.07, 6.45) is 5.58. The summed E-state index contributed by atoms with van der Waals surface area (Å²) in [4.78, 5) is 8.94. The Morgan fingerprint density at radius 1 is 0.892 bits per heavy atom. The van der Waals surface area contributed by atoms with Crippen LogP contribution in [0.2, 0.25) is 0 Å². The van der Waals surface area contributed by atoms with Gasteiger partial charge in [0.2, 0.25) is 11.7 Å². The molecule has 4 aromatic heterocycles. The van der Waals surface area contributed by atoms with Crippen molar-refractivity contribution in [3.8, 4) is 33.9 Å². The van der Waals surface area contributed by atoms with Crippen molar-refractivity contribution in [3.63, 3.8) is 0 Å². The molecule has 0 spiro atoms. The molecular weight excluding hydrogens is 545 g/mol. The highest BCUT2D eigenvalue weighted by molar-refractivity contribution is 5.86. The summed E-state index contributed by atoms with van der Waals surface area (Å²) >= 11 is 0. The standard InChI is InChI=1S/C25H16F2N6O.3ClH/c26-18-7-4-8-19(27)23(18)24-17(12-29-31-24)16-9-10-21-28-13-20(33(21)14-16)25-30-22(34-32-25)11-15-5-2-1-3-6-15;;;/h1-10,12-14H,11H2,(H,29,31);3*1H. The van der Waals surface area contributed by atoms with Gasteiger partial charge in [-0.25, -0.2) is 13.8 Å². The maximum atomic E-state index is 14.4. The lowest BCUT2D eigenvalue weighted by Crippen LogP contribution is -1.94. The monoisotopic (exact) mass is 562 g/mol. The van der Waals surface area contributed by atoms with Crippen LogP contribution >= 0.6 is 37.2 Å². The topological polar surface area (TPSA) is 84.9 Å². The minimum Gasteiger partial charge on any atom is -0.339 e. The molecule has 0 aliphatic carbocycles. The number of rotatable bonds is 5. The fourth-order valence-corrected chi connectivity index (χ4v) is 3.93. The largest absolute Gasteiger partial charge is 0.339 e. The van der Waals surface area contributed by atoms with E-state index in [1.807, 2.05) is 36.4 Å². The van der Waals surface area contributed by atoms with Gasteiger partial charge in [-0.3, -0.25) is 9.50 Å². The molecular formula is C25H19Cl3F2N6O. The Hall–Kier alpha value is -3.79. The molecule has 0 atom stereocenters. The van der Waals surface area contributed by atoms with Crippen molar-refractivity contribution < 1.29 is 13.3 Å². The van der Waals surface area contributed by atoms with E-state index in [0.29, 0.717) is 40.6 Å². The van der Waals surface area contributed by atoms with E-state index < -0.39 is 11.6 Å². The van der Waals surface area contributed by atoms with Crippen LogP contribution in [-0.2, 0) is 6.42 Å². The summed E-state index contributed by atoms with van der Waals surface area (Å²) in [5, 5.41) is 10.9. The summed E-state index contributed by atoms with van der Waals surface area (Å²) in [7, 11) is 0. The maximum Gasteiger partial charge on any atom is 0.231 e. The van der Waals surface area contributed by atoms with Gasteiger partial charge in [0.15, 0.2) is 0 Å². The van der Waals surface area contributed by atoms with Crippen molar-refractivity contribution in [2.24, 2.45) is 0 Å². The molecule has 0 saturated heterocycles. The number of hydrogen-bond donors (Lipinski definition) is 1. The molecule has 37 heavy (non-hydrogen) atoms. The number of aromatic amines is 1. The fourth-order valence-electron chi connectivity index (χ4n) is 3.93. The Labute approximate surface area is 228 Å². The van der Waals surface area contributed by atoms with Gasteiger partial charge in [-0.1, -0.05) is 41.6 Å². The van der Waals surface area contributed by atoms with Crippen LogP contribution < -0.4 is 0 Å². The molecule has 4 heterocycles. The van der Waals surface area contributed by atoms with Gasteiger partial charge in [-0.15, -0.1) is 37.2 Å². The van der Waals surface area contributed by atoms with E-state index in [0.717, 1.165) is 5.56 Å². The number of H-pyrrole nitrogens is 1. The Morgan fingerprint density at radius 2 is 1.65 bits per heavy atom. The molecule has 0 aliphatic heterocycles. The van der Waals surface area contributed by atoms with Gasteiger partial charge in [0.1, 0.15) is 28.7 Å². The van der Waals surface area contributed by atoms with E-state index in [9.17, 15) is 8.78 Å². The second-order valence-electron chi connectivity index (χ2n) is 7.71. The predicted molar refractivity (Wildman–Crippen MR) is 142 cm³/mol. The van der Waals surface area contributed by atoms with E-state index in [1.54, 1.807) is 29.1 Å². The molecule has 7 nitrogen and oxygen atoms in total. The Kier molecular flexibility index (Phi) is 8.65. The first-order chi connectivity index (χ1) is 16.7. The van der Waals surface area contributed by atoms with Crippen LogP contribution in [0.5, 0.6) is 0 Å². The number of benzene rings is 2. The number of nitrogens with zero attached hydrogens (tertiary/aromatic N) is 5. The minimum atomic E-state index is -0.685. The zero-order valence-corrected chi connectivity index (χ0v) is 21.3. The van der Waals surface area contributed by atoms with E-state index in [4.69, 9.17) is 4.52 Å². The molecule has 6 rings (SSSR count). The molecule has 0 radical (unpaired) electrons. The van der Waals surface area contributed by atoms with Gasteiger partial charge in [-0.2, -0.15) is 10.1 Å². The number of fused-ring (bicyclic) bond motifs is 1. The summed E-state index contributed by atoms with van der Waals surface area (Å²) in [6.45, 7) is 0. The van der Waals surface area contributed by atoms with Crippen LogP contribution in [-0.4, -0.2) is 29.7 Å². The van der Waals surface area contributed by atoms with Gasteiger partial charge in [-0.05, 0) is 29.8 Å². The van der Waals surface area contributed by atoms with Crippen molar-refractivity contribution in [2.45, 2.75) is 6.42 Å². The van der Waals surface area contributed by atoms with Crippen molar-refractivity contribution >= 4 is 42.9 Å². The summed E-state index contributed by atoms with van der Waals surface area (Å²) in [6, 6.07) is 17.2. The second-order valence-corrected chi connectivity index (χ2v) is 7.71. The third-order valence-corrected chi connectivity index (χ3v) is 5.55. The SMILES string of the molecule is Cl.Cl.Cl.Fc1cccc(F)c1-c1n[nH]cc1-c1ccc2ncc(-c3noc(Cc4ccccc4)n3)n2c1. The number of nitrogens with one attached hydrogen (secondary N) is 1. The van der Waals surface area contributed by atoms with Gasteiger partial charge in [0.25, 0.3) is 0 Å². The van der Waals surface area contributed by atoms with Crippen molar-refractivity contribution in [1.29, 1.82) is 0 Å². The molecule has 0 bridgehead atoms. The van der Waals surface area contributed by atoms with Crippen LogP contribution in [0.4, 0.5) is 8.78 Å². The summed E-state index contributed by atoms with van der Waals surface area (Å²) in [5.41, 5.74) is 3.58. The normalized spacial score (nSPS) is 10.4. The van der Waals surface area contributed by atoms with E-state index in [1.165, 1.54) is 18.2 Å². The van der Waals surface area contributed by atoms with E-state index >= 15 is 0 Å². The molecule has 2 aromatic carbocycles. The first-order valence-corrected chi connectivity index (χ1v) is 10.5. The second kappa shape index (κ2) is 11.5. The van der Waals surface area contributed by atoms with Gasteiger partial charge >= 0.3 is 0 Å². The zero-order chi connectivity index (χ0) is 23.1. The lowest BCUT2D eigenvalue weighted by atomic mass is 10.0. The molecule has 1 N–H and O–H groups in total. The average Bonchev–Trinajstić information content (AvgIpc) is 3.59. The summed E-state index contributed by atoms with van der Waals surface area (Å²) in [5.74, 6) is -0.492. The van der Waals surface area contributed by atoms with Gasteiger partial charge in [0, 0.05) is 23.5 Å². The van der Waals surface area contributed by atoms with Crippen molar-refractivity contribution in [1.82, 2.24) is 29.7 Å². The molecule has 0 unspecified atom stereocenters. The lowest BCUT2D eigenvalue weighted by Gasteiger charge is -2.07. The maximum absolute atomic E-state index is 14.4. The Balaban J connectivity index is 0.00000127. The summed E-state index contributed by atoms with van der Waals surface area (Å²) < 4.78 is 36.1. The van der Waals surface area contributed by atoms with Crippen LogP contribution in [0.15, 0.2) is 83.8 Å². The first kappa shape index (κ1) is 27.8. The predicted octanol–water partition coefficient (Wildman–Crippen LogP) is 6.58. The van der Waals surface area contributed by atoms with Gasteiger partial charge < -0.3 is 4.52 Å². The third kappa shape index (κ3) is 5.20. The Bertz CT molecular complexity index is 1610. The first-order valence-electron chi connectivity index (χ1n) is 10.5. The number of hydrogen-bond acceptors (Lipinski definition) is 5. The highest BCUT2D eigenvalue weighted by Crippen LogP contribution is 2.34. The van der Waals surface area contributed by atoms with E-state index in [2.05, 4.69) is 25.3 Å².